The van der Waals surface area contributed by atoms with E-state index >= 15 is 0 Å². The van der Waals surface area contributed by atoms with Crippen molar-refractivity contribution in [3.05, 3.63) is 39.5 Å². The Labute approximate surface area is 130 Å². The molecule has 0 aliphatic carbocycles. The minimum Gasteiger partial charge on any atom is -0.299 e. The van der Waals surface area contributed by atoms with Crippen molar-refractivity contribution in [1.29, 1.82) is 5.26 Å². The summed E-state index contributed by atoms with van der Waals surface area (Å²) in [6.45, 7) is 7.14. The van der Waals surface area contributed by atoms with Crippen LogP contribution in [-0.2, 0) is 19.4 Å². The third-order valence-corrected chi connectivity index (χ3v) is 4.81. The van der Waals surface area contributed by atoms with E-state index in [9.17, 15) is 5.26 Å². The average molecular weight is 300 g/mol. The molecule has 0 spiro atoms. The fraction of sp³-hybridized carbons (Fsp3) is 0.412. The number of hydrogen-bond donors (Lipinski definition) is 0. The Kier molecular flexibility index (Phi) is 3.84. The van der Waals surface area contributed by atoms with Gasteiger partial charge in [0.05, 0.1) is 18.0 Å². The third-order valence-electron chi connectivity index (χ3n) is 4.40. The van der Waals surface area contributed by atoms with Gasteiger partial charge in [-0.2, -0.15) is 5.26 Å². The molecule has 0 bridgehead atoms. The first kappa shape index (κ1) is 14.3. The molecule has 0 atom stereocenters. The molecule has 0 radical (unpaired) electrons. The summed E-state index contributed by atoms with van der Waals surface area (Å²) in [5.41, 5.74) is 5.49. The van der Waals surface area contributed by atoms with Crippen LogP contribution in [0.5, 0.6) is 0 Å². The summed E-state index contributed by atoms with van der Waals surface area (Å²) in [5.74, 6) is 0. The standard InChI is InChI=1S/C17H18ClN3/c1-3-21-9-7-16-14(10-21)12(6-8-19)13-4-5-15(18)11(2)17(13)20-16/h4-5H,3,6-7,9-10H2,1-2H3. The monoisotopic (exact) mass is 299 g/mol. The molecule has 1 aliphatic heterocycles. The van der Waals surface area contributed by atoms with Crippen molar-refractivity contribution in [2.45, 2.75) is 33.2 Å². The van der Waals surface area contributed by atoms with Gasteiger partial charge in [-0.3, -0.25) is 9.88 Å². The van der Waals surface area contributed by atoms with Crippen LogP contribution in [0.15, 0.2) is 12.1 Å². The molecule has 0 saturated heterocycles. The maximum Gasteiger partial charge on any atom is 0.0752 e. The Morgan fingerprint density at radius 1 is 1.43 bits per heavy atom. The van der Waals surface area contributed by atoms with E-state index in [0.717, 1.165) is 58.8 Å². The first-order valence-corrected chi connectivity index (χ1v) is 7.72. The lowest BCUT2D eigenvalue weighted by Crippen LogP contribution is -2.31. The number of likely N-dealkylation sites (N-methyl/N-ethyl adjacent to an activating group) is 1. The number of aryl methyl sites for hydroxylation is 1. The number of benzene rings is 1. The minimum atomic E-state index is 0.431. The van der Waals surface area contributed by atoms with E-state index in [4.69, 9.17) is 16.6 Å². The normalized spacial score (nSPS) is 15.0. The van der Waals surface area contributed by atoms with Crippen molar-refractivity contribution in [3.63, 3.8) is 0 Å². The molecule has 108 valence electrons. The van der Waals surface area contributed by atoms with Crippen molar-refractivity contribution in [3.8, 4) is 6.07 Å². The molecule has 0 saturated carbocycles. The largest absolute Gasteiger partial charge is 0.299 e. The third kappa shape index (κ3) is 2.39. The summed E-state index contributed by atoms with van der Waals surface area (Å²) in [4.78, 5) is 7.27. The van der Waals surface area contributed by atoms with E-state index in [1.807, 2.05) is 19.1 Å². The number of aromatic nitrogens is 1. The van der Waals surface area contributed by atoms with Crippen molar-refractivity contribution in [1.82, 2.24) is 9.88 Å². The quantitative estimate of drug-likeness (QED) is 0.850. The second kappa shape index (κ2) is 5.63. The summed E-state index contributed by atoms with van der Waals surface area (Å²) >= 11 is 6.23. The molecule has 2 heterocycles. The Hall–Kier alpha value is -1.63. The molecular formula is C17H18ClN3. The van der Waals surface area contributed by atoms with Gasteiger partial charge in [-0.05, 0) is 36.2 Å². The number of halogens is 1. The van der Waals surface area contributed by atoms with Crippen LogP contribution in [0.2, 0.25) is 5.02 Å². The molecule has 4 heteroatoms. The predicted molar refractivity (Wildman–Crippen MR) is 85.5 cm³/mol. The molecular weight excluding hydrogens is 282 g/mol. The SMILES string of the molecule is CCN1CCc2nc3c(C)c(Cl)ccc3c(CC#N)c2C1. The van der Waals surface area contributed by atoms with Gasteiger partial charge in [0.25, 0.3) is 0 Å². The van der Waals surface area contributed by atoms with Gasteiger partial charge in [-0.15, -0.1) is 0 Å². The first-order chi connectivity index (χ1) is 10.2. The van der Waals surface area contributed by atoms with Crippen LogP contribution in [0.4, 0.5) is 0 Å². The summed E-state index contributed by atoms with van der Waals surface area (Å²) in [7, 11) is 0. The maximum atomic E-state index is 9.22. The van der Waals surface area contributed by atoms with Crippen LogP contribution in [0, 0.1) is 18.3 Å². The number of nitriles is 1. The number of hydrogen-bond acceptors (Lipinski definition) is 3. The number of rotatable bonds is 2. The summed E-state index contributed by atoms with van der Waals surface area (Å²) in [5, 5.41) is 11.0. The second-order valence-corrected chi connectivity index (χ2v) is 5.95. The Bertz CT molecular complexity index is 746. The van der Waals surface area contributed by atoms with Gasteiger partial charge in [-0.25, -0.2) is 0 Å². The van der Waals surface area contributed by atoms with Crippen molar-refractivity contribution >= 4 is 22.5 Å². The van der Waals surface area contributed by atoms with Crippen LogP contribution < -0.4 is 0 Å². The van der Waals surface area contributed by atoms with Gasteiger partial charge >= 0.3 is 0 Å². The summed E-state index contributed by atoms with van der Waals surface area (Å²) in [6, 6.07) is 6.23. The molecule has 0 unspecified atom stereocenters. The van der Waals surface area contributed by atoms with E-state index in [1.54, 1.807) is 0 Å². The fourth-order valence-electron chi connectivity index (χ4n) is 3.11. The molecule has 0 N–H and O–H groups in total. The van der Waals surface area contributed by atoms with Gasteiger partial charge in [0.1, 0.15) is 0 Å². The molecule has 1 aromatic heterocycles. The molecule has 0 amide bonds. The smallest absolute Gasteiger partial charge is 0.0752 e. The topological polar surface area (TPSA) is 39.9 Å². The Morgan fingerprint density at radius 3 is 2.95 bits per heavy atom. The van der Waals surface area contributed by atoms with E-state index in [0.29, 0.717) is 6.42 Å². The maximum absolute atomic E-state index is 9.22. The van der Waals surface area contributed by atoms with Crippen molar-refractivity contribution in [2.75, 3.05) is 13.1 Å². The van der Waals surface area contributed by atoms with Gasteiger partial charge < -0.3 is 0 Å². The lowest BCUT2D eigenvalue weighted by Gasteiger charge is -2.29. The highest BCUT2D eigenvalue weighted by atomic mass is 35.5. The van der Waals surface area contributed by atoms with Crippen LogP contribution in [0.1, 0.15) is 29.3 Å². The van der Waals surface area contributed by atoms with Gasteiger partial charge in [0.15, 0.2) is 0 Å². The zero-order chi connectivity index (χ0) is 15.0. The van der Waals surface area contributed by atoms with E-state index in [1.165, 1.54) is 5.56 Å². The summed E-state index contributed by atoms with van der Waals surface area (Å²) < 4.78 is 0. The zero-order valence-electron chi connectivity index (χ0n) is 12.4. The molecule has 1 aliphatic rings. The van der Waals surface area contributed by atoms with Gasteiger partial charge in [0, 0.05) is 35.6 Å². The van der Waals surface area contributed by atoms with Crippen molar-refractivity contribution < 1.29 is 0 Å². The highest BCUT2D eigenvalue weighted by Gasteiger charge is 2.22. The Balaban J connectivity index is 2.29. The van der Waals surface area contributed by atoms with E-state index in [-0.39, 0.29) is 0 Å². The highest BCUT2D eigenvalue weighted by Crippen LogP contribution is 2.32. The fourth-order valence-corrected chi connectivity index (χ4v) is 3.27. The van der Waals surface area contributed by atoms with Crippen molar-refractivity contribution in [2.24, 2.45) is 0 Å². The predicted octanol–water partition coefficient (Wildman–Crippen LogP) is 3.64. The van der Waals surface area contributed by atoms with Gasteiger partial charge in [0.2, 0.25) is 0 Å². The number of nitrogens with zero attached hydrogens (tertiary/aromatic N) is 3. The zero-order valence-corrected chi connectivity index (χ0v) is 13.2. The Morgan fingerprint density at radius 2 is 2.24 bits per heavy atom. The average Bonchev–Trinajstić information content (AvgIpc) is 2.51. The summed E-state index contributed by atoms with van der Waals surface area (Å²) in [6.07, 6.45) is 1.38. The molecule has 3 nitrogen and oxygen atoms in total. The van der Waals surface area contributed by atoms with Crippen LogP contribution in [0.3, 0.4) is 0 Å². The molecule has 0 fully saturated rings. The molecule has 21 heavy (non-hydrogen) atoms. The molecule has 2 aromatic rings. The number of fused-ring (bicyclic) bond motifs is 2. The number of pyridine rings is 1. The lowest BCUT2D eigenvalue weighted by molar-refractivity contribution is 0.265. The first-order valence-electron chi connectivity index (χ1n) is 7.34. The van der Waals surface area contributed by atoms with E-state index in [2.05, 4.69) is 17.9 Å². The van der Waals surface area contributed by atoms with Crippen LogP contribution >= 0.6 is 11.6 Å². The highest BCUT2D eigenvalue weighted by molar-refractivity contribution is 6.32. The van der Waals surface area contributed by atoms with Gasteiger partial charge in [-0.1, -0.05) is 24.6 Å². The lowest BCUT2D eigenvalue weighted by atomic mass is 9.93. The second-order valence-electron chi connectivity index (χ2n) is 5.54. The van der Waals surface area contributed by atoms with E-state index < -0.39 is 0 Å². The van der Waals surface area contributed by atoms with Crippen LogP contribution in [0.25, 0.3) is 10.9 Å². The van der Waals surface area contributed by atoms with Crippen LogP contribution in [-0.4, -0.2) is 23.0 Å². The molecule has 3 rings (SSSR count). The minimum absolute atomic E-state index is 0.431. The molecule has 1 aromatic carbocycles.